The van der Waals surface area contributed by atoms with Crippen molar-refractivity contribution in [1.29, 1.82) is 0 Å². The minimum absolute atomic E-state index is 0.0848. The smallest absolute Gasteiger partial charge is 0.197 e. The minimum atomic E-state index is -2.93. The summed E-state index contributed by atoms with van der Waals surface area (Å²) in [5.74, 6) is 0.282. The Balaban J connectivity index is 2.58. The maximum absolute atomic E-state index is 11.4. The van der Waals surface area contributed by atoms with Crippen LogP contribution >= 0.6 is 15.9 Å². The summed E-state index contributed by atoms with van der Waals surface area (Å²) in [6.45, 7) is 1.81. The van der Waals surface area contributed by atoms with E-state index in [2.05, 4.69) is 25.9 Å². The molecule has 0 amide bonds. The third kappa shape index (κ3) is 1.81. The molecule has 1 aliphatic heterocycles. The number of rotatable bonds is 0. The highest BCUT2D eigenvalue weighted by Gasteiger charge is 2.24. The minimum Gasteiger partial charge on any atom is -0.228 e. The average molecular weight is 277 g/mol. The zero-order valence-electron chi connectivity index (χ0n) is 7.62. The lowest BCUT2D eigenvalue weighted by atomic mass is 10.1. The van der Waals surface area contributed by atoms with Crippen molar-refractivity contribution in [2.75, 3.05) is 5.75 Å². The molecule has 1 aromatic rings. The van der Waals surface area contributed by atoms with Crippen LogP contribution in [0.3, 0.4) is 0 Å². The van der Waals surface area contributed by atoms with Crippen molar-refractivity contribution in [1.82, 2.24) is 9.97 Å². The van der Waals surface area contributed by atoms with Crippen molar-refractivity contribution in [3.63, 3.8) is 0 Å². The molecule has 0 saturated heterocycles. The van der Waals surface area contributed by atoms with E-state index in [9.17, 15) is 8.42 Å². The lowest BCUT2D eigenvalue weighted by Crippen LogP contribution is -2.21. The summed E-state index contributed by atoms with van der Waals surface area (Å²) in [6, 6.07) is 0. The molecule has 0 radical (unpaired) electrons. The molecule has 2 rings (SSSR count). The van der Waals surface area contributed by atoms with Crippen molar-refractivity contribution in [2.24, 2.45) is 0 Å². The van der Waals surface area contributed by atoms with Crippen LogP contribution < -0.4 is 0 Å². The Morgan fingerprint density at radius 1 is 1.36 bits per heavy atom. The number of hydrogen-bond acceptors (Lipinski definition) is 4. The van der Waals surface area contributed by atoms with Crippen LogP contribution in [0, 0.1) is 6.92 Å². The SMILES string of the molecule is Cc1nc(Br)nc2c1CS(=O)(=O)CC2. The number of halogens is 1. The van der Waals surface area contributed by atoms with Crippen LogP contribution in [0.1, 0.15) is 17.0 Å². The van der Waals surface area contributed by atoms with Gasteiger partial charge in [0.25, 0.3) is 0 Å². The van der Waals surface area contributed by atoms with E-state index in [1.54, 1.807) is 0 Å². The molecular weight excluding hydrogens is 268 g/mol. The molecular formula is C8H9BrN2O2S. The number of hydrogen-bond donors (Lipinski definition) is 0. The summed E-state index contributed by atoms with van der Waals surface area (Å²) < 4.78 is 23.3. The predicted octanol–water partition coefficient (Wildman–Crippen LogP) is 1.02. The molecule has 14 heavy (non-hydrogen) atoms. The van der Waals surface area contributed by atoms with Gasteiger partial charge in [-0.3, -0.25) is 0 Å². The first-order valence-electron chi connectivity index (χ1n) is 4.20. The molecule has 0 fully saturated rings. The second-order valence-corrected chi connectivity index (χ2v) is 6.24. The van der Waals surface area contributed by atoms with Gasteiger partial charge in [0.2, 0.25) is 0 Å². The quantitative estimate of drug-likeness (QED) is 0.664. The number of aromatic nitrogens is 2. The second-order valence-electron chi connectivity index (χ2n) is 3.35. The highest BCUT2D eigenvalue weighted by atomic mass is 79.9. The largest absolute Gasteiger partial charge is 0.228 e. The van der Waals surface area contributed by atoms with E-state index in [0.717, 1.165) is 17.0 Å². The zero-order valence-corrected chi connectivity index (χ0v) is 10.0. The third-order valence-electron chi connectivity index (χ3n) is 2.29. The maximum atomic E-state index is 11.4. The highest BCUT2D eigenvalue weighted by Crippen LogP contribution is 2.22. The summed E-state index contributed by atoms with van der Waals surface area (Å²) in [5.41, 5.74) is 2.39. The fourth-order valence-electron chi connectivity index (χ4n) is 1.56. The Bertz CT molecular complexity index is 484. The summed E-state index contributed by atoms with van der Waals surface area (Å²) in [4.78, 5) is 8.27. The van der Waals surface area contributed by atoms with E-state index in [1.807, 2.05) is 6.92 Å². The van der Waals surface area contributed by atoms with Crippen LogP contribution in [0.25, 0.3) is 0 Å². The van der Waals surface area contributed by atoms with Gasteiger partial charge in [-0.05, 0) is 22.9 Å². The molecule has 0 saturated carbocycles. The summed E-state index contributed by atoms with van der Waals surface area (Å²) in [5, 5.41) is 0. The van der Waals surface area contributed by atoms with E-state index >= 15 is 0 Å². The summed E-state index contributed by atoms with van der Waals surface area (Å²) >= 11 is 3.20. The first-order valence-corrected chi connectivity index (χ1v) is 6.82. The predicted molar refractivity (Wildman–Crippen MR) is 55.7 cm³/mol. The van der Waals surface area contributed by atoms with Gasteiger partial charge in [0.1, 0.15) is 0 Å². The molecule has 6 heteroatoms. The fraction of sp³-hybridized carbons (Fsp3) is 0.500. The molecule has 0 N–H and O–H groups in total. The zero-order chi connectivity index (χ0) is 10.3. The number of aryl methyl sites for hydroxylation is 2. The highest BCUT2D eigenvalue weighted by molar-refractivity contribution is 9.10. The van der Waals surface area contributed by atoms with E-state index in [-0.39, 0.29) is 11.5 Å². The van der Waals surface area contributed by atoms with E-state index < -0.39 is 9.84 Å². The normalized spacial score (nSPS) is 19.0. The van der Waals surface area contributed by atoms with Gasteiger partial charge in [0, 0.05) is 17.7 Å². The first-order chi connectivity index (χ1) is 6.48. The van der Waals surface area contributed by atoms with Gasteiger partial charge in [0.05, 0.1) is 17.2 Å². The van der Waals surface area contributed by atoms with Gasteiger partial charge >= 0.3 is 0 Å². The van der Waals surface area contributed by atoms with Gasteiger partial charge in [-0.2, -0.15) is 0 Å². The first kappa shape index (κ1) is 10.0. The van der Waals surface area contributed by atoms with E-state index in [4.69, 9.17) is 0 Å². The molecule has 0 bridgehead atoms. The average Bonchev–Trinajstić information content (AvgIpc) is 2.06. The number of fused-ring (bicyclic) bond motifs is 1. The van der Waals surface area contributed by atoms with Crippen LogP contribution in [0.2, 0.25) is 0 Å². The molecule has 4 nitrogen and oxygen atoms in total. The molecule has 1 aromatic heterocycles. The molecule has 76 valence electrons. The summed E-state index contributed by atoms with van der Waals surface area (Å²) in [6.07, 6.45) is 0.500. The molecule has 1 aliphatic rings. The molecule has 0 atom stereocenters. The molecule has 0 aliphatic carbocycles. The van der Waals surface area contributed by atoms with Gasteiger partial charge in [-0.25, -0.2) is 18.4 Å². The van der Waals surface area contributed by atoms with Gasteiger partial charge < -0.3 is 0 Å². The second kappa shape index (κ2) is 3.27. The van der Waals surface area contributed by atoms with Crippen LogP contribution in [-0.2, 0) is 22.0 Å². The Morgan fingerprint density at radius 2 is 2.07 bits per heavy atom. The standard InChI is InChI=1S/C8H9BrN2O2S/c1-5-6-4-14(12,13)3-2-7(6)11-8(9)10-5/h2-4H2,1H3. The lowest BCUT2D eigenvalue weighted by Gasteiger charge is -2.16. The Kier molecular flexibility index (Phi) is 2.35. The fourth-order valence-corrected chi connectivity index (χ4v) is 3.50. The summed E-state index contributed by atoms with van der Waals surface area (Å²) in [7, 11) is -2.93. The van der Waals surface area contributed by atoms with Crippen molar-refractivity contribution in [3.8, 4) is 0 Å². The van der Waals surface area contributed by atoms with Crippen LogP contribution in [-0.4, -0.2) is 24.1 Å². The van der Waals surface area contributed by atoms with Gasteiger partial charge in [0.15, 0.2) is 14.6 Å². The molecule has 0 aromatic carbocycles. The molecule has 0 spiro atoms. The van der Waals surface area contributed by atoms with Crippen molar-refractivity contribution in [3.05, 3.63) is 21.7 Å². The van der Waals surface area contributed by atoms with Crippen LogP contribution in [0.5, 0.6) is 0 Å². The molecule has 0 unspecified atom stereocenters. The Hall–Kier alpha value is -0.490. The number of nitrogens with zero attached hydrogens (tertiary/aromatic N) is 2. The topological polar surface area (TPSA) is 59.9 Å². The lowest BCUT2D eigenvalue weighted by molar-refractivity contribution is 0.589. The number of sulfone groups is 1. The van der Waals surface area contributed by atoms with Gasteiger partial charge in [-0.1, -0.05) is 0 Å². The van der Waals surface area contributed by atoms with Crippen LogP contribution in [0.4, 0.5) is 0 Å². The van der Waals surface area contributed by atoms with Gasteiger partial charge in [-0.15, -0.1) is 0 Å². The molecule has 2 heterocycles. The monoisotopic (exact) mass is 276 g/mol. The van der Waals surface area contributed by atoms with E-state index in [1.165, 1.54) is 0 Å². The van der Waals surface area contributed by atoms with Crippen molar-refractivity contribution < 1.29 is 8.42 Å². The van der Waals surface area contributed by atoms with Crippen molar-refractivity contribution in [2.45, 2.75) is 19.1 Å². The van der Waals surface area contributed by atoms with Crippen LogP contribution in [0.15, 0.2) is 4.73 Å². The van der Waals surface area contributed by atoms with Crippen molar-refractivity contribution >= 4 is 25.8 Å². The third-order valence-corrected chi connectivity index (χ3v) is 4.20. The Morgan fingerprint density at radius 3 is 2.79 bits per heavy atom. The Labute approximate surface area is 90.8 Å². The van der Waals surface area contributed by atoms with E-state index in [0.29, 0.717) is 11.2 Å². The maximum Gasteiger partial charge on any atom is 0.197 e.